The highest BCUT2D eigenvalue weighted by Crippen LogP contribution is 2.40. The maximum Gasteiger partial charge on any atom is 0.408 e. The van der Waals surface area contributed by atoms with Gasteiger partial charge in [0, 0.05) is 23.4 Å². The summed E-state index contributed by atoms with van der Waals surface area (Å²) in [5.74, 6) is 0. The lowest BCUT2D eigenvalue weighted by molar-refractivity contribution is -0.681. The van der Waals surface area contributed by atoms with Gasteiger partial charge in [-0.3, -0.25) is 0 Å². The lowest BCUT2D eigenvalue weighted by atomic mass is 10.1. The summed E-state index contributed by atoms with van der Waals surface area (Å²) in [6, 6.07) is 18.5. The van der Waals surface area contributed by atoms with E-state index in [1.54, 1.807) is 0 Å². The molecule has 0 aliphatic rings. The van der Waals surface area contributed by atoms with Gasteiger partial charge in [-0.2, -0.15) is 0 Å². The first-order chi connectivity index (χ1) is 12.8. The Morgan fingerprint density at radius 2 is 1.81 bits per heavy atom. The van der Waals surface area contributed by atoms with E-state index in [0.717, 1.165) is 33.0 Å². The van der Waals surface area contributed by atoms with Gasteiger partial charge in [-0.1, -0.05) is 48.5 Å². The van der Waals surface area contributed by atoms with Gasteiger partial charge in [-0.25, -0.2) is 4.57 Å². The molecule has 0 unspecified atom stereocenters. The first-order valence-electron chi connectivity index (χ1n) is 8.42. The Morgan fingerprint density at radius 3 is 2.62 bits per heavy atom. The van der Waals surface area contributed by atoms with Crippen molar-refractivity contribution in [2.24, 2.45) is 17.3 Å². The average molecular weight is 363 g/mol. The van der Waals surface area contributed by atoms with E-state index in [-0.39, 0.29) is 6.61 Å². The molecule has 4 rings (SSSR count). The summed E-state index contributed by atoms with van der Waals surface area (Å²) >= 11 is 1.51. The Bertz CT molecular complexity index is 1070. The number of azo groups is 1. The predicted molar refractivity (Wildman–Crippen MR) is 104 cm³/mol. The molecule has 130 valence electrons. The largest absolute Gasteiger partial charge is 0.408 e. The highest BCUT2D eigenvalue weighted by Gasteiger charge is 2.19. The maximum atomic E-state index is 9.19. The second-order valence-electron chi connectivity index (χ2n) is 5.94. The Kier molecular flexibility index (Phi) is 4.60. The van der Waals surface area contributed by atoms with Gasteiger partial charge in [0.2, 0.25) is 0 Å². The molecule has 2 heterocycles. The minimum Gasteiger partial charge on any atom is -0.392 e. The molecule has 0 radical (unpaired) electrons. The minimum atomic E-state index is 0.0768. The first kappa shape index (κ1) is 16.6. The van der Waals surface area contributed by atoms with E-state index >= 15 is 0 Å². The number of thiazole rings is 1. The minimum absolute atomic E-state index is 0.0768. The average Bonchev–Trinajstić information content (AvgIpc) is 3.23. The number of para-hydroxylation sites is 1. The van der Waals surface area contributed by atoms with Crippen LogP contribution >= 0.6 is 11.3 Å². The Hall–Kier alpha value is -2.83. The molecule has 4 aromatic rings. The molecule has 0 atom stereocenters. The van der Waals surface area contributed by atoms with E-state index < -0.39 is 0 Å². The Morgan fingerprint density at radius 1 is 1.04 bits per heavy atom. The highest BCUT2D eigenvalue weighted by molar-refractivity contribution is 7.12. The standard InChI is InChI=1S/C20H19N4OS/c1-23-17-10-6-5-9-16(17)18(19(23)15-7-3-2-4-8-15)21-22-20-24(11-13-25)12-14-26-20/h2-10,12,14,25H,11,13H2,1H3/q+1. The van der Waals surface area contributed by atoms with Gasteiger partial charge in [-0.15, -0.1) is 0 Å². The van der Waals surface area contributed by atoms with Crippen LogP contribution < -0.4 is 4.57 Å². The summed E-state index contributed by atoms with van der Waals surface area (Å²) in [6.45, 7) is 0.590. The summed E-state index contributed by atoms with van der Waals surface area (Å²) in [4.78, 5) is 0. The molecule has 6 heteroatoms. The normalized spacial score (nSPS) is 11.6. The molecule has 0 fully saturated rings. The van der Waals surface area contributed by atoms with Crippen LogP contribution in [0.2, 0.25) is 0 Å². The third kappa shape index (κ3) is 2.94. The summed E-state index contributed by atoms with van der Waals surface area (Å²) in [7, 11) is 2.06. The smallest absolute Gasteiger partial charge is 0.392 e. The molecule has 0 saturated carbocycles. The summed E-state index contributed by atoms with van der Waals surface area (Å²) in [5.41, 5.74) is 4.13. The maximum absolute atomic E-state index is 9.19. The summed E-state index contributed by atoms with van der Waals surface area (Å²) in [6.07, 6.45) is 1.91. The number of aliphatic hydroxyl groups excluding tert-OH is 1. The molecule has 0 aliphatic carbocycles. The van der Waals surface area contributed by atoms with Crippen molar-refractivity contribution in [1.82, 2.24) is 4.57 Å². The molecular weight excluding hydrogens is 344 g/mol. The lowest BCUT2D eigenvalue weighted by Gasteiger charge is -2.04. The zero-order valence-electron chi connectivity index (χ0n) is 14.4. The quantitative estimate of drug-likeness (QED) is 0.409. The van der Waals surface area contributed by atoms with Crippen molar-refractivity contribution in [3.05, 3.63) is 66.2 Å². The Labute approximate surface area is 155 Å². The van der Waals surface area contributed by atoms with Gasteiger partial charge in [0.05, 0.1) is 22.9 Å². The fraction of sp³-hybridized carbons (Fsp3) is 0.150. The number of aryl methyl sites for hydroxylation is 1. The summed E-state index contributed by atoms with van der Waals surface area (Å²) in [5, 5.41) is 22.1. The number of aliphatic hydroxyl groups is 1. The SMILES string of the molecule is Cn1c(-c2ccccc2)c(N=Nc2scc[n+]2CCO)c2ccccc21. The van der Waals surface area contributed by atoms with Crippen LogP contribution in [0.25, 0.3) is 22.2 Å². The fourth-order valence-electron chi connectivity index (χ4n) is 3.15. The zero-order chi connectivity index (χ0) is 17.9. The van der Waals surface area contributed by atoms with Crippen molar-refractivity contribution >= 4 is 33.1 Å². The van der Waals surface area contributed by atoms with E-state index in [4.69, 9.17) is 0 Å². The number of rotatable bonds is 5. The Balaban J connectivity index is 1.88. The third-order valence-corrected chi connectivity index (χ3v) is 5.15. The van der Waals surface area contributed by atoms with E-state index in [9.17, 15) is 5.11 Å². The fourth-order valence-corrected chi connectivity index (χ4v) is 3.85. The van der Waals surface area contributed by atoms with Gasteiger partial charge in [0.15, 0.2) is 0 Å². The molecule has 5 nitrogen and oxygen atoms in total. The van der Waals surface area contributed by atoms with E-state index in [0.29, 0.717) is 6.54 Å². The van der Waals surface area contributed by atoms with Gasteiger partial charge < -0.3 is 9.67 Å². The van der Waals surface area contributed by atoms with Crippen molar-refractivity contribution < 1.29 is 9.67 Å². The van der Waals surface area contributed by atoms with Crippen LogP contribution in [0, 0.1) is 0 Å². The van der Waals surface area contributed by atoms with Crippen LogP contribution in [-0.4, -0.2) is 16.3 Å². The highest BCUT2D eigenvalue weighted by atomic mass is 32.1. The number of hydrogen-bond acceptors (Lipinski definition) is 4. The predicted octanol–water partition coefficient (Wildman–Crippen LogP) is 4.60. The summed E-state index contributed by atoms with van der Waals surface area (Å²) < 4.78 is 4.07. The van der Waals surface area contributed by atoms with Crippen LogP contribution in [0.4, 0.5) is 10.8 Å². The van der Waals surface area contributed by atoms with Crippen LogP contribution in [0.5, 0.6) is 0 Å². The van der Waals surface area contributed by atoms with Crippen molar-refractivity contribution in [1.29, 1.82) is 0 Å². The molecule has 26 heavy (non-hydrogen) atoms. The number of nitrogens with zero attached hydrogens (tertiary/aromatic N) is 4. The van der Waals surface area contributed by atoms with Crippen molar-refractivity contribution in [2.75, 3.05) is 6.61 Å². The van der Waals surface area contributed by atoms with E-state index in [1.165, 1.54) is 11.3 Å². The number of benzene rings is 2. The molecule has 1 N–H and O–H groups in total. The molecule has 0 spiro atoms. The van der Waals surface area contributed by atoms with Crippen LogP contribution in [-0.2, 0) is 13.6 Å². The van der Waals surface area contributed by atoms with Crippen molar-refractivity contribution in [3.63, 3.8) is 0 Å². The second kappa shape index (κ2) is 7.19. The number of fused-ring (bicyclic) bond motifs is 1. The lowest BCUT2D eigenvalue weighted by Crippen LogP contribution is -2.32. The molecule has 0 amide bonds. The van der Waals surface area contributed by atoms with Crippen LogP contribution in [0.1, 0.15) is 0 Å². The monoisotopic (exact) mass is 363 g/mol. The molecular formula is C20H19N4OS+. The number of hydrogen-bond donors (Lipinski definition) is 1. The van der Waals surface area contributed by atoms with Gasteiger partial charge in [0.1, 0.15) is 18.4 Å². The topological polar surface area (TPSA) is 53.8 Å². The second-order valence-corrected chi connectivity index (χ2v) is 6.82. The van der Waals surface area contributed by atoms with Crippen molar-refractivity contribution in [3.8, 4) is 11.3 Å². The van der Waals surface area contributed by atoms with Crippen LogP contribution in [0.3, 0.4) is 0 Å². The van der Waals surface area contributed by atoms with Gasteiger partial charge >= 0.3 is 5.13 Å². The molecule has 0 saturated heterocycles. The number of aromatic nitrogens is 2. The van der Waals surface area contributed by atoms with Crippen molar-refractivity contribution in [2.45, 2.75) is 6.54 Å². The van der Waals surface area contributed by atoms with E-state index in [2.05, 4.69) is 46.1 Å². The zero-order valence-corrected chi connectivity index (χ0v) is 15.2. The van der Waals surface area contributed by atoms with E-state index in [1.807, 2.05) is 46.5 Å². The first-order valence-corrected chi connectivity index (χ1v) is 9.30. The molecule has 0 bridgehead atoms. The van der Waals surface area contributed by atoms with Gasteiger partial charge in [0.25, 0.3) is 0 Å². The van der Waals surface area contributed by atoms with Crippen LogP contribution in [0.15, 0.2) is 76.4 Å². The molecule has 2 aromatic heterocycles. The third-order valence-electron chi connectivity index (χ3n) is 4.36. The van der Waals surface area contributed by atoms with Gasteiger partial charge in [-0.05, 0) is 22.5 Å². The molecule has 0 aliphatic heterocycles. The molecule has 2 aromatic carbocycles.